The molecule has 0 aliphatic rings. The molecule has 7 nitrogen and oxygen atoms in total. The topological polar surface area (TPSA) is 92.0 Å². The Kier molecular flexibility index (Phi) is 5.76. The van der Waals surface area contributed by atoms with E-state index in [-0.39, 0.29) is 36.7 Å². The van der Waals surface area contributed by atoms with Crippen LogP contribution in [0.2, 0.25) is 0 Å². The van der Waals surface area contributed by atoms with E-state index >= 15 is 0 Å². The average molecular weight is 284 g/mol. The zero-order chi connectivity index (χ0) is 15.1. The van der Waals surface area contributed by atoms with Crippen LogP contribution in [0.3, 0.4) is 0 Å². The lowest BCUT2D eigenvalue weighted by Crippen LogP contribution is -2.16. The zero-order valence-corrected chi connectivity index (χ0v) is 11.6. The first-order valence-corrected chi connectivity index (χ1v) is 6.19. The Hall–Kier alpha value is -2.31. The summed E-state index contributed by atoms with van der Waals surface area (Å²) in [6, 6.07) is 0. The molecule has 0 saturated heterocycles. The lowest BCUT2D eigenvalue weighted by molar-refractivity contribution is 0.0446. The lowest BCUT2D eigenvalue weighted by atomic mass is 10.1. The van der Waals surface area contributed by atoms with E-state index in [0.29, 0.717) is 0 Å². The summed E-state index contributed by atoms with van der Waals surface area (Å²) in [5, 5.41) is 0. The lowest BCUT2D eigenvalue weighted by Gasteiger charge is -2.05. The van der Waals surface area contributed by atoms with Crippen molar-refractivity contribution in [2.45, 2.75) is 20.8 Å². The second-order valence-corrected chi connectivity index (χ2v) is 3.51. The van der Waals surface area contributed by atoms with E-state index in [1.54, 1.807) is 20.8 Å². The van der Waals surface area contributed by atoms with Gasteiger partial charge in [0.25, 0.3) is 0 Å². The molecule has 1 aromatic heterocycles. The van der Waals surface area contributed by atoms with Crippen molar-refractivity contribution < 1.29 is 33.0 Å². The van der Waals surface area contributed by atoms with Gasteiger partial charge in [0.05, 0.1) is 19.8 Å². The minimum absolute atomic E-state index is 0.0918. The largest absolute Gasteiger partial charge is 0.462 e. The molecule has 0 atom stereocenters. The molecule has 0 radical (unpaired) electrons. The third kappa shape index (κ3) is 3.37. The van der Waals surface area contributed by atoms with Gasteiger partial charge in [-0.15, -0.1) is 0 Å². The molecular formula is C13H16O7. The van der Waals surface area contributed by atoms with Gasteiger partial charge in [-0.3, -0.25) is 0 Å². The van der Waals surface area contributed by atoms with Gasteiger partial charge in [0.2, 0.25) is 5.76 Å². The van der Waals surface area contributed by atoms with E-state index in [0.717, 1.165) is 6.26 Å². The Balaban J connectivity index is 3.22. The summed E-state index contributed by atoms with van der Waals surface area (Å²) in [5.74, 6) is -2.82. The van der Waals surface area contributed by atoms with E-state index < -0.39 is 17.9 Å². The Morgan fingerprint density at radius 1 is 0.900 bits per heavy atom. The number of hydrogen-bond donors (Lipinski definition) is 0. The monoisotopic (exact) mass is 284 g/mol. The number of hydrogen-bond acceptors (Lipinski definition) is 7. The molecule has 0 unspecified atom stereocenters. The van der Waals surface area contributed by atoms with Gasteiger partial charge in [-0.25, -0.2) is 14.4 Å². The van der Waals surface area contributed by atoms with Crippen LogP contribution < -0.4 is 0 Å². The molecule has 1 heterocycles. The Labute approximate surface area is 115 Å². The molecule has 0 saturated carbocycles. The molecule has 0 bridgehead atoms. The van der Waals surface area contributed by atoms with Gasteiger partial charge in [-0.05, 0) is 20.8 Å². The van der Waals surface area contributed by atoms with E-state index in [9.17, 15) is 14.4 Å². The first-order valence-electron chi connectivity index (χ1n) is 6.19. The molecule has 1 rings (SSSR count). The molecule has 1 aromatic rings. The van der Waals surface area contributed by atoms with Crippen molar-refractivity contribution in [3.8, 4) is 0 Å². The number of furan rings is 1. The first kappa shape index (κ1) is 15.7. The minimum Gasteiger partial charge on any atom is -0.462 e. The van der Waals surface area contributed by atoms with Crippen LogP contribution in [-0.4, -0.2) is 37.7 Å². The van der Waals surface area contributed by atoms with Crippen LogP contribution in [0.25, 0.3) is 0 Å². The van der Waals surface area contributed by atoms with Gasteiger partial charge >= 0.3 is 17.9 Å². The van der Waals surface area contributed by atoms with Crippen LogP contribution in [0, 0.1) is 0 Å². The third-order valence-corrected chi connectivity index (χ3v) is 2.23. The van der Waals surface area contributed by atoms with Crippen LogP contribution in [-0.2, 0) is 14.2 Å². The molecular weight excluding hydrogens is 268 g/mol. The highest BCUT2D eigenvalue weighted by Crippen LogP contribution is 2.21. The fraction of sp³-hybridized carbons (Fsp3) is 0.462. The maximum Gasteiger partial charge on any atom is 0.375 e. The smallest absolute Gasteiger partial charge is 0.375 e. The molecule has 20 heavy (non-hydrogen) atoms. The van der Waals surface area contributed by atoms with Crippen molar-refractivity contribution in [1.82, 2.24) is 0 Å². The highest BCUT2D eigenvalue weighted by Gasteiger charge is 2.31. The number of carbonyl (C=O) groups excluding carboxylic acids is 3. The van der Waals surface area contributed by atoms with Gasteiger partial charge in [-0.1, -0.05) is 0 Å². The maximum absolute atomic E-state index is 11.9. The second-order valence-electron chi connectivity index (χ2n) is 3.51. The molecule has 7 heteroatoms. The van der Waals surface area contributed by atoms with Crippen LogP contribution in [0.1, 0.15) is 52.0 Å². The van der Waals surface area contributed by atoms with Crippen molar-refractivity contribution >= 4 is 17.9 Å². The SMILES string of the molecule is CCOC(=O)c1coc(C(=O)OCC)c1C(=O)OCC. The normalized spacial score (nSPS) is 9.95. The molecule has 0 amide bonds. The zero-order valence-electron chi connectivity index (χ0n) is 11.6. The summed E-state index contributed by atoms with van der Waals surface area (Å²) >= 11 is 0. The number of carbonyl (C=O) groups is 3. The van der Waals surface area contributed by atoms with Gasteiger partial charge in [0, 0.05) is 0 Å². The Morgan fingerprint density at radius 3 is 1.95 bits per heavy atom. The standard InChI is InChI=1S/C13H16O7/c1-4-17-11(14)8-7-20-10(13(16)19-6-3)9(8)12(15)18-5-2/h7H,4-6H2,1-3H3. The van der Waals surface area contributed by atoms with Crippen LogP contribution in [0.15, 0.2) is 10.7 Å². The molecule has 0 aliphatic carbocycles. The average Bonchev–Trinajstić information content (AvgIpc) is 2.84. The Bertz CT molecular complexity index is 465. The highest BCUT2D eigenvalue weighted by atomic mass is 16.6. The molecule has 0 fully saturated rings. The van der Waals surface area contributed by atoms with Crippen LogP contribution >= 0.6 is 0 Å². The summed E-state index contributed by atoms with van der Waals surface area (Å²) in [6.45, 7) is 5.16. The van der Waals surface area contributed by atoms with Gasteiger partial charge < -0.3 is 18.6 Å². The van der Waals surface area contributed by atoms with Crippen molar-refractivity contribution in [2.24, 2.45) is 0 Å². The maximum atomic E-state index is 11.9. The van der Waals surface area contributed by atoms with Crippen molar-refractivity contribution in [2.75, 3.05) is 19.8 Å². The molecule has 0 aromatic carbocycles. The summed E-state index contributed by atoms with van der Waals surface area (Å²) in [4.78, 5) is 35.3. The van der Waals surface area contributed by atoms with Crippen molar-refractivity contribution in [1.29, 1.82) is 0 Å². The van der Waals surface area contributed by atoms with Crippen molar-refractivity contribution in [3.05, 3.63) is 23.2 Å². The summed E-state index contributed by atoms with van der Waals surface area (Å²) < 4.78 is 19.3. The predicted molar refractivity (Wildman–Crippen MR) is 66.6 cm³/mol. The van der Waals surface area contributed by atoms with Gasteiger partial charge in [0.15, 0.2) is 0 Å². The molecule has 0 N–H and O–H groups in total. The van der Waals surface area contributed by atoms with Crippen LogP contribution in [0.5, 0.6) is 0 Å². The highest BCUT2D eigenvalue weighted by molar-refractivity contribution is 6.09. The number of rotatable bonds is 6. The fourth-order valence-electron chi connectivity index (χ4n) is 1.47. The molecule has 0 spiro atoms. The molecule has 110 valence electrons. The minimum atomic E-state index is -0.842. The van der Waals surface area contributed by atoms with E-state index in [1.807, 2.05) is 0 Å². The fourth-order valence-corrected chi connectivity index (χ4v) is 1.47. The number of ether oxygens (including phenoxy) is 3. The third-order valence-electron chi connectivity index (χ3n) is 2.23. The van der Waals surface area contributed by atoms with Crippen LogP contribution in [0.4, 0.5) is 0 Å². The Morgan fingerprint density at radius 2 is 1.40 bits per heavy atom. The van der Waals surface area contributed by atoms with Gasteiger partial charge in [0.1, 0.15) is 17.4 Å². The second kappa shape index (κ2) is 7.32. The predicted octanol–water partition coefficient (Wildman–Crippen LogP) is 1.81. The van der Waals surface area contributed by atoms with E-state index in [2.05, 4.69) is 0 Å². The summed E-state index contributed by atoms with van der Waals surface area (Å²) in [7, 11) is 0. The summed E-state index contributed by atoms with van der Waals surface area (Å²) in [6.07, 6.45) is 0.983. The van der Waals surface area contributed by atoms with Gasteiger partial charge in [-0.2, -0.15) is 0 Å². The number of esters is 3. The first-order chi connectivity index (χ1) is 9.56. The quantitative estimate of drug-likeness (QED) is 0.581. The summed E-state index contributed by atoms with van der Waals surface area (Å²) in [5.41, 5.74) is -0.433. The van der Waals surface area contributed by atoms with E-state index in [1.165, 1.54) is 0 Å². The van der Waals surface area contributed by atoms with Crippen molar-refractivity contribution in [3.63, 3.8) is 0 Å². The molecule has 0 aliphatic heterocycles. The van der Waals surface area contributed by atoms with E-state index in [4.69, 9.17) is 18.6 Å².